The standard InChI is InChI=1S/C11H17N3O/c1-3-15-10-6-7-12-11(14-10)13-8(2)9-4-5-9/h6-9H,3-5H2,1-2H3,(H,12,13,14). The van der Waals surface area contributed by atoms with Crippen LogP contribution in [0.25, 0.3) is 0 Å². The molecule has 1 heterocycles. The van der Waals surface area contributed by atoms with Gasteiger partial charge in [0.2, 0.25) is 11.8 Å². The van der Waals surface area contributed by atoms with Gasteiger partial charge >= 0.3 is 0 Å². The van der Waals surface area contributed by atoms with Gasteiger partial charge in [0.15, 0.2) is 0 Å². The summed E-state index contributed by atoms with van der Waals surface area (Å²) in [6, 6.07) is 2.23. The number of rotatable bonds is 5. The molecule has 0 aromatic carbocycles. The molecular formula is C11H17N3O. The van der Waals surface area contributed by atoms with E-state index in [0.717, 1.165) is 5.92 Å². The normalized spacial score (nSPS) is 17.2. The topological polar surface area (TPSA) is 47.0 Å². The van der Waals surface area contributed by atoms with Gasteiger partial charge in [0.25, 0.3) is 0 Å². The Kier molecular flexibility index (Phi) is 3.04. The van der Waals surface area contributed by atoms with E-state index < -0.39 is 0 Å². The molecular weight excluding hydrogens is 190 g/mol. The monoisotopic (exact) mass is 207 g/mol. The van der Waals surface area contributed by atoms with E-state index in [1.807, 2.05) is 6.92 Å². The number of ether oxygens (including phenoxy) is 1. The van der Waals surface area contributed by atoms with E-state index in [1.54, 1.807) is 12.3 Å². The average molecular weight is 207 g/mol. The maximum absolute atomic E-state index is 5.31. The summed E-state index contributed by atoms with van der Waals surface area (Å²) >= 11 is 0. The number of aromatic nitrogens is 2. The van der Waals surface area contributed by atoms with Gasteiger partial charge in [-0.15, -0.1) is 0 Å². The van der Waals surface area contributed by atoms with E-state index in [-0.39, 0.29) is 0 Å². The van der Waals surface area contributed by atoms with Crippen molar-refractivity contribution in [3.05, 3.63) is 12.3 Å². The maximum Gasteiger partial charge on any atom is 0.226 e. The first-order valence-corrected chi connectivity index (χ1v) is 5.52. The third-order valence-corrected chi connectivity index (χ3v) is 2.61. The fourth-order valence-electron chi connectivity index (χ4n) is 1.56. The molecule has 1 fully saturated rings. The van der Waals surface area contributed by atoms with Crippen molar-refractivity contribution in [1.82, 2.24) is 9.97 Å². The van der Waals surface area contributed by atoms with E-state index in [9.17, 15) is 0 Å². The highest BCUT2D eigenvalue weighted by Crippen LogP contribution is 2.33. The van der Waals surface area contributed by atoms with Crippen molar-refractivity contribution in [3.63, 3.8) is 0 Å². The quantitative estimate of drug-likeness (QED) is 0.803. The molecule has 1 aliphatic rings. The molecule has 1 unspecified atom stereocenters. The van der Waals surface area contributed by atoms with Crippen LogP contribution in [0.4, 0.5) is 5.95 Å². The fourth-order valence-corrected chi connectivity index (χ4v) is 1.56. The van der Waals surface area contributed by atoms with Crippen LogP contribution in [-0.4, -0.2) is 22.6 Å². The van der Waals surface area contributed by atoms with Crippen LogP contribution in [0.3, 0.4) is 0 Å². The first-order chi connectivity index (χ1) is 7.29. The molecule has 82 valence electrons. The Morgan fingerprint density at radius 3 is 3.07 bits per heavy atom. The Balaban J connectivity index is 1.97. The summed E-state index contributed by atoms with van der Waals surface area (Å²) in [5.74, 6) is 2.10. The van der Waals surface area contributed by atoms with Crippen molar-refractivity contribution >= 4 is 5.95 Å². The molecule has 4 heteroatoms. The molecule has 2 rings (SSSR count). The molecule has 1 atom stereocenters. The van der Waals surface area contributed by atoms with Crippen LogP contribution in [0.1, 0.15) is 26.7 Å². The van der Waals surface area contributed by atoms with Crippen LogP contribution < -0.4 is 10.1 Å². The first kappa shape index (κ1) is 10.2. The summed E-state index contributed by atoms with van der Waals surface area (Å²) in [6.07, 6.45) is 4.36. The molecule has 0 spiro atoms. The molecule has 15 heavy (non-hydrogen) atoms. The fraction of sp³-hybridized carbons (Fsp3) is 0.636. The molecule has 0 bridgehead atoms. The van der Waals surface area contributed by atoms with Crippen LogP contribution in [0.5, 0.6) is 5.88 Å². The summed E-state index contributed by atoms with van der Waals surface area (Å²) in [4.78, 5) is 8.44. The number of nitrogens with one attached hydrogen (secondary N) is 1. The lowest BCUT2D eigenvalue weighted by Gasteiger charge is -2.12. The third-order valence-electron chi connectivity index (χ3n) is 2.61. The average Bonchev–Trinajstić information content (AvgIpc) is 3.01. The molecule has 1 aliphatic carbocycles. The second-order valence-corrected chi connectivity index (χ2v) is 3.92. The lowest BCUT2D eigenvalue weighted by Crippen LogP contribution is -2.19. The van der Waals surface area contributed by atoms with Crippen LogP contribution in [0, 0.1) is 5.92 Å². The van der Waals surface area contributed by atoms with E-state index >= 15 is 0 Å². The lowest BCUT2D eigenvalue weighted by molar-refractivity contribution is 0.326. The zero-order valence-corrected chi connectivity index (χ0v) is 9.23. The van der Waals surface area contributed by atoms with Gasteiger partial charge < -0.3 is 10.1 Å². The minimum absolute atomic E-state index is 0.460. The van der Waals surface area contributed by atoms with Crippen molar-refractivity contribution in [2.75, 3.05) is 11.9 Å². The van der Waals surface area contributed by atoms with Crippen LogP contribution in [0.15, 0.2) is 12.3 Å². The molecule has 1 aromatic rings. The third kappa shape index (κ3) is 2.81. The SMILES string of the molecule is CCOc1ccnc(NC(C)C2CC2)n1. The van der Waals surface area contributed by atoms with Crippen LogP contribution in [0.2, 0.25) is 0 Å². The Hall–Kier alpha value is -1.32. The van der Waals surface area contributed by atoms with Crippen molar-refractivity contribution in [2.45, 2.75) is 32.7 Å². The van der Waals surface area contributed by atoms with Gasteiger partial charge in [-0.1, -0.05) is 0 Å². The molecule has 0 amide bonds. The second-order valence-electron chi connectivity index (χ2n) is 3.92. The van der Waals surface area contributed by atoms with Crippen molar-refractivity contribution < 1.29 is 4.74 Å². The number of hydrogen-bond donors (Lipinski definition) is 1. The Morgan fingerprint density at radius 1 is 1.60 bits per heavy atom. The molecule has 4 nitrogen and oxygen atoms in total. The first-order valence-electron chi connectivity index (χ1n) is 5.52. The highest BCUT2D eigenvalue weighted by molar-refractivity contribution is 5.29. The molecule has 0 saturated heterocycles. The summed E-state index contributed by atoms with van der Waals surface area (Å²) in [5.41, 5.74) is 0. The summed E-state index contributed by atoms with van der Waals surface area (Å²) in [6.45, 7) is 4.76. The molecule has 1 N–H and O–H groups in total. The van der Waals surface area contributed by atoms with E-state index in [4.69, 9.17) is 4.74 Å². The largest absolute Gasteiger partial charge is 0.478 e. The number of hydrogen-bond acceptors (Lipinski definition) is 4. The molecule has 0 aliphatic heterocycles. The predicted molar refractivity (Wildman–Crippen MR) is 59.0 cm³/mol. The molecule has 1 saturated carbocycles. The minimum atomic E-state index is 0.460. The zero-order valence-electron chi connectivity index (χ0n) is 9.23. The summed E-state index contributed by atoms with van der Waals surface area (Å²) < 4.78 is 5.31. The zero-order chi connectivity index (χ0) is 10.7. The van der Waals surface area contributed by atoms with Crippen LogP contribution >= 0.6 is 0 Å². The molecule has 0 radical (unpaired) electrons. The molecule has 1 aromatic heterocycles. The van der Waals surface area contributed by atoms with Gasteiger partial charge in [-0.05, 0) is 32.6 Å². The van der Waals surface area contributed by atoms with Crippen molar-refractivity contribution in [3.8, 4) is 5.88 Å². The van der Waals surface area contributed by atoms with Crippen molar-refractivity contribution in [1.29, 1.82) is 0 Å². The van der Waals surface area contributed by atoms with Gasteiger partial charge in [0.05, 0.1) is 6.61 Å². The highest BCUT2D eigenvalue weighted by atomic mass is 16.5. The van der Waals surface area contributed by atoms with Gasteiger partial charge in [-0.2, -0.15) is 4.98 Å². The number of nitrogens with zero attached hydrogens (tertiary/aromatic N) is 2. The summed E-state index contributed by atoms with van der Waals surface area (Å²) in [7, 11) is 0. The van der Waals surface area contributed by atoms with Crippen molar-refractivity contribution in [2.24, 2.45) is 5.92 Å². The second kappa shape index (κ2) is 4.47. The van der Waals surface area contributed by atoms with E-state index in [2.05, 4.69) is 22.2 Å². The van der Waals surface area contributed by atoms with Gasteiger partial charge in [-0.25, -0.2) is 4.98 Å². The Morgan fingerprint density at radius 2 is 2.40 bits per heavy atom. The summed E-state index contributed by atoms with van der Waals surface area (Å²) in [5, 5.41) is 3.30. The van der Waals surface area contributed by atoms with E-state index in [1.165, 1.54) is 12.8 Å². The Bertz CT molecular complexity index is 325. The van der Waals surface area contributed by atoms with E-state index in [0.29, 0.717) is 24.5 Å². The lowest BCUT2D eigenvalue weighted by atomic mass is 10.2. The smallest absolute Gasteiger partial charge is 0.226 e. The predicted octanol–water partition coefficient (Wildman–Crippen LogP) is 2.09. The van der Waals surface area contributed by atoms with Crippen LogP contribution in [-0.2, 0) is 0 Å². The highest BCUT2D eigenvalue weighted by Gasteiger charge is 2.28. The van der Waals surface area contributed by atoms with Gasteiger partial charge in [0.1, 0.15) is 0 Å². The van der Waals surface area contributed by atoms with Gasteiger partial charge in [0, 0.05) is 18.3 Å². The Labute approximate surface area is 90.1 Å². The number of anilines is 1. The maximum atomic E-state index is 5.31. The minimum Gasteiger partial charge on any atom is -0.478 e. The van der Waals surface area contributed by atoms with Gasteiger partial charge in [-0.3, -0.25) is 0 Å².